The lowest BCUT2D eigenvalue weighted by Gasteiger charge is -2.39. The molecule has 0 saturated heterocycles. The molecular formula is C31H40FN3O6. The van der Waals surface area contributed by atoms with Gasteiger partial charge in [-0.15, -0.1) is 0 Å². The summed E-state index contributed by atoms with van der Waals surface area (Å²) in [7, 11) is 1.87. The van der Waals surface area contributed by atoms with Crippen LogP contribution in [-0.4, -0.2) is 67.0 Å². The predicted molar refractivity (Wildman–Crippen MR) is 155 cm³/mol. The van der Waals surface area contributed by atoms with E-state index in [1.807, 2.05) is 39.6 Å². The molecule has 2 aliphatic heterocycles. The molecule has 10 heteroatoms. The van der Waals surface area contributed by atoms with E-state index in [4.69, 9.17) is 19.6 Å². The topological polar surface area (TPSA) is 112 Å². The van der Waals surface area contributed by atoms with Crippen LogP contribution in [0, 0.1) is 17.1 Å². The fourth-order valence-electron chi connectivity index (χ4n) is 5.53. The van der Waals surface area contributed by atoms with E-state index in [0.717, 1.165) is 5.56 Å². The average Bonchev–Trinajstić information content (AvgIpc) is 3.20. The van der Waals surface area contributed by atoms with Gasteiger partial charge in [0, 0.05) is 24.7 Å². The molecule has 41 heavy (non-hydrogen) atoms. The van der Waals surface area contributed by atoms with Crippen LogP contribution in [0.25, 0.3) is 0 Å². The van der Waals surface area contributed by atoms with E-state index in [1.165, 1.54) is 0 Å². The van der Waals surface area contributed by atoms with Gasteiger partial charge in [-0.3, -0.25) is 15.0 Å². The average molecular weight is 570 g/mol. The summed E-state index contributed by atoms with van der Waals surface area (Å²) in [4.78, 5) is 29.0. The second-order valence-corrected chi connectivity index (χ2v) is 11.6. The van der Waals surface area contributed by atoms with Crippen molar-refractivity contribution in [3.8, 4) is 17.2 Å². The number of benzene rings is 2. The number of Topliss-reactive ketones (excluding diaryl/α,β-unsaturated/α-hetero) is 1. The number of amidine groups is 1. The highest BCUT2D eigenvalue weighted by molar-refractivity contribution is 6.06. The fraction of sp³-hybridized carbons (Fsp3) is 0.516. The molecule has 0 radical (unpaired) electrons. The summed E-state index contributed by atoms with van der Waals surface area (Å²) < 4.78 is 32.9. The van der Waals surface area contributed by atoms with E-state index < -0.39 is 29.2 Å². The minimum absolute atomic E-state index is 0.0231. The zero-order valence-electron chi connectivity index (χ0n) is 24.9. The van der Waals surface area contributed by atoms with E-state index >= 15 is 4.39 Å². The van der Waals surface area contributed by atoms with E-state index in [-0.39, 0.29) is 48.4 Å². The van der Waals surface area contributed by atoms with Gasteiger partial charge < -0.3 is 29.1 Å². The third kappa shape index (κ3) is 5.69. The number of ether oxygens (including phenoxy) is 3. The van der Waals surface area contributed by atoms with E-state index in [9.17, 15) is 14.7 Å². The van der Waals surface area contributed by atoms with Crippen LogP contribution in [0.15, 0.2) is 18.2 Å². The Hall–Kier alpha value is -3.82. The summed E-state index contributed by atoms with van der Waals surface area (Å²) in [5.74, 6) is -1.67. The molecule has 222 valence electrons. The Balaban J connectivity index is 1.65. The monoisotopic (exact) mass is 569 g/mol. The number of likely N-dealkylation sites (N-methyl/N-ethyl adjacent to an activating group) is 1. The van der Waals surface area contributed by atoms with E-state index in [1.54, 1.807) is 36.9 Å². The number of ketones is 1. The third-order valence-corrected chi connectivity index (χ3v) is 7.65. The first kappa shape index (κ1) is 30.1. The minimum Gasteiger partial charge on any atom is -0.490 e. The molecule has 2 aliphatic rings. The minimum atomic E-state index is -0.897. The maximum atomic E-state index is 15.5. The SMILES string of the molecule is CCOc1cc2c(c(F)c1OCC)C(=N)N(CC(=O)c1cc3c(c(C(C)(C)C)c1)OC(C(CC)C(=O)O)CN3C)C2. The predicted octanol–water partition coefficient (Wildman–Crippen LogP) is 5.25. The van der Waals surface area contributed by atoms with Crippen LogP contribution in [0.4, 0.5) is 10.1 Å². The molecule has 9 nitrogen and oxygen atoms in total. The largest absolute Gasteiger partial charge is 0.490 e. The van der Waals surface area contributed by atoms with Crippen molar-refractivity contribution in [1.82, 2.24) is 4.90 Å². The van der Waals surface area contributed by atoms with Crippen LogP contribution in [0.2, 0.25) is 0 Å². The van der Waals surface area contributed by atoms with Crippen molar-refractivity contribution in [2.24, 2.45) is 5.92 Å². The summed E-state index contributed by atoms with van der Waals surface area (Å²) >= 11 is 0. The molecule has 2 aromatic carbocycles. The lowest BCUT2D eigenvalue weighted by molar-refractivity contribution is -0.145. The number of rotatable bonds is 10. The molecule has 0 fully saturated rings. The number of carboxylic acid groups (broad SMARTS) is 1. The summed E-state index contributed by atoms with van der Waals surface area (Å²) in [5.41, 5.74) is 2.24. The van der Waals surface area contributed by atoms with Gasteiger partial charge in [0.15, 0.2) is 23.1 Å². The van der Waals surface area contributed by atoms with Gasteiger partial charge in [-0.05, 0) is 49.4 Å². The maximum absolute atomic E-state index is 15.5. The maximum Gasteiger partial charge on any atom is 0.310 e. The van der Waals surface area contributed by atoms with Gasteiger partial charge in [0.2, 0.25) is 0 Å². The fourth-order valence-corrected chi connectivity index (χ4v) is 5.53. The number of nitrogens with one attached hydrogen (secondary N) is 1. The number of aliphatic carboxylic acids is 1. The Morgan fingerprint density at radius 1 is 1.17 bits per heavy atom. The Morgan fingerprint density at radius 3 is 2.44 bits per heavy atom. The van der Waals surface area contributed by atoms with Crippen LogP contribution in [-0.2, 0) is 16.8 Å². The molecule has 2 unspecified atom stereocenters. The smallest absolute Gasteiger partial charge is 0.310 e. The lowest BCUT2D eigenvalue weighted by atomic mass is 9.83. The van der Waals surface area contributed by atoms with Crippen molar-refractivity contribution < 1.29 is 33.3 Å². The van der Waals surface area contributed by atoms with E-state index in [0.29, 0.717) is 42.1 Å². The zero-order chi connectivity index (χ0) is 30.2. The van der Waals surface area contributed by atoms with Crippen molar-refractivity contribution >= 4 is 23.3 Å². The Bertz CT molecular complexity index is 1370. The molecule has 2 heterocycles. The van der Waals surface area contributed by atoms with Crippen LogP contribution < -0.4 is 19.1 Å². The van der Waals surface area contributed by atoms with Crippen molar-refractivity contribution in [1.29, 1.82) is 5.41 Å². The summed E-state index contributed by atoms with van der Waals surface area (Å²) in [6.07, 6.45) is -0.0905. The molecular weight excluding hydrogens is 529 g/mol. The van der Waals surface area contributed by atoms with Gasteiger partial charge in [0.1, 0.15) is 17.7 Å². The number of hydrogen-bond acceptors (Lipinski definition) is 7. The number of fused-ring (bicyclic) bond motifs is 2. The Labute approximate surface area is 240 Å². The number of carbonyl (C=O) groups excluding carboxylic acids is 1. The second kappa shape index (κ2) is 11.6. The summed E-state index contributed by atoms with van der Waals surface area (Å²) in [6, 6.07) is 5.25. The zero-order valence-corrected chi connectivity index (χ0v) is 24.9. The van der Waals surface area contributed by atoms with Gasteiger partial charge in [0.05, 0.1) is 43.5 Å². The summed E-state index contributed by atoms with van der Waals surface area (Å²) in [5, 5.41) is 18.4. The first-order valence-electron chi connectivity index (χ1n) is 14.1. The van der Waals surface area contributed by atoms with Crippen LogP contribution in [0.5, 0.6) is 17.2 Å². The highest BCUT2D eigenvalue weighted by Gasteiger charge is 2.38. The normalized spacial score (nSPS) is 17.1. The van der Waals surface area contributed by atoms with Gasteiger partial charge in [-0.25, -0.2) is 4.39 Å². The van der Waals surface area contributed by atoms with Crippen LogP contribution in [0.1, 0.15) is 75.0 Å². The van der Waals surface area contributed by atoms with Gasteiger partial charge in [0.25, 0.3) is 0 Å². The first-order chi connectivity index (χ1) is 19.3. The van der Waals surface area contributed by atoms with E-state index in [2.05, 4.69) is 0 Å². The quantitative estimate of drug-likeness (QED) is 0.373. The highest BCUT2D eigenvalue weighted by atomic mass is 19.1. The van der Waals surface area contributed by atoms with Crippen LogP contribution >= 0.6 is 0 Å². The first-order valence-corrected chi connectivity index (χ1v) is 14.1. The second-order valence-electron chi connectivity index (χ2n) is 11.6. The molecule has 4 rings (SSSR count). The van der Waals surface area contributed by atoms with Gasteiger partial charge >= 0.3 is 5.97 Å². The molecule has 0 amide bonds. The molecule has 2 atom stereocenters. The number of carbonyl (C=O) groups is 2. The number of nitrogens with zero attached hydrogens (tertiary/aromatic N) is 2. The van der Waals surface area contributed by atoms with Crippen molar-refractivity contribution in [3.63, 3.8) is 0 Å². The molecule has 0 spiro atoms. The Kier molecular flexibility index (Phi) is 8.52. The molecule has 0 bridgehead atoms. The molecule has 0 saturated carbocycles. The van der Waals surface area contributed by atoms with Crippen molar-refractivity contribution in [2.45, 2.75) is 66.0 Å². The molecule has 0 aliphatic carbocycles. The van der Waals surface area contributed by atoms with Gasteiger partial charge in [-0.1, -0.05) is 27.7 Å². The number of halogens is 1. The summed E-state index contributed by atoms with van der Waals surface area (Å²) in [6.45, 7) is 12.4. The van der Waals surface area contributed by atoms with Gasteiger partial charge in [-0.2, -0.15) is 0 Å². The third-order valence-electron chi connectivity index (χ3n) is 7.65. The number of hydrogen-bond donors (Lipinski definition) is 2. The number of anilines is 1. The van der Waals surface area contributed by atoms with Crippen LogP contribution in [0.3, 0.4) is 0 Å². The molecule has 2 aromatic rings. The van der Waals surface area contributed by atoms with Crippen molar-refractivity contribution in [2.75, 3.05) is 38.3 Å². The lowest BCUT2D eigenvalue weighted by Crippen LogP contribution is -2.45. The highest BCUT2D eigenvalue weighted by Crippen LogP contribution is 2.44. The standard InChI is InChI=1S/C31H40FN3O6/c1-8-19(30(37)38)24-16-34(7)21-12-17(11-20(27(21)41-24)31(4,5)6)22(36)15-35-14-18-13-23(39-9-2)28(40-10-3)26(32)25(18)29(35)33/h11-13,19,24,33H,8-10,14-16H2,1-7H3,(H,37,38). The Morgan fingerprint density at radius 2 is 1.85 bits per heavy atom. The number of carboxylic acids is 1. The van der Waals surface area contributed by atoms with Crippen molar-refractivity contribution in [3.05, 3.63) is 46.3 Å². The molecule has 0 aromatic heterocycles. The molecule has 2 N–H and O–H groups in total.